The van der Waals surface area contributed by atoms with E-state index in [-0.39, 0.29) is 4.90 Å². The van der Waals surface area contributed by atoms with E-state index in [0.29, 0.717) is 21.3 Å². The molecule has 2 aromatic carbocycles. The van der Waals surface area contributed by atoms with Crippen molar-refractivity contribution in [1.29, 1.82) is 0 Å². The fourth-order valence-electron chi connectivity index (χ4n) is 2.09. The monoisotopic (exact) mass is 435 g/mol. The van der Waals surface area contributed by atoms with Crippen LogP contribution in [0.2, 0.25) is 0 Å². The third-order valence-corrected chi connectivity index (χ3v) is 5.72. The number of hydrogen-bond donors (Lipinski definition) is 1. The highest BCUT2D eigenvalue weighted by Crippen LogP contribution is 2.30. The first-order valence-corrected chi connectivity index (χ1v) is 9.02. The molecule has 1 N–H and O–H groups in total. The molecule has 0 radical (unpaired) electrons. The zero-order chi connectivity index (χ0) is 15.8. The quantitative estimate of drug-likeness (QED) is 0.753. The Labute approximate surface area is 139 Å². The first kappa shape index (κ1) is 16.5. The van der Waals surface area contributed by atoms with Gasteiger partial charge in [-0.25, -0.2) is 12.8 Å². The molecular weight excluding hydrogens is 425 g/mol. The number of hydrogen-bond acceptors (Lipinski definition) is 2. The van der Waals surface area contributed by atoms with Crippen molar-refractivity contribution in [3.63, 3.8) is 0 Å². The van der Waals surface area contributed by atoms with Crippen LogP contribution in [0, 0.1) is 19.7 Å². The number of nitrogens with one attached hydrogen (secondary N) is 1. The number of rotatable bonds is 3. The van der Waals surface area contributed by atoms with Gasteiger partial charge in [0.2, 0.25) is 0 Å². The minimum atomic E-state index is -3.80. The molecule has 0 bridgehead atoms. The summed E-state index contributed by atoms with van der Waals surface area (Å²) in [6.45, 7) is 3.14. The summed E-state index contributed by atoms with van der Waals surface area (Å²) >= 11 is 6.59. The van der Waals surface area contributed by atoms with Crippen LogP contribution in [0.15, 0.2) is 44.2 Å². The molecule has 0 spiro atoms. The predicted molar refractivity (Wildman–Crippen MR) is 88.5 cm³/mol. The molecule has 0 aliphatic heterocycles. The van der Waals surface area contributed by atoms with Gasteiger partial charge in [0.1, 0.15) is 5.82 Å². The lowest BCUT2D eigenvalue weighted by atomic mass is 10.1. The van der Waals surface area contributed by atoms with Gasteiger partial charge in [-0.1, -0.05) is 15.9 Å². The Balaban J connectivity index is 2.51. The molecule has 0 aliphatic rings. The molecule has 3 nitrogen and oxygen atoms in total. The second-order valence-corrected chi connectivity index (χ2v) is 7.99. The summed E-state index contributed by atoms with van der Waals surface area (Å²) in [5.74, 6) is -0.451. The largest absolute Gasteiger partial charge is 0.278 e. The highest BCUT2D eigenvalue weighted by molar-refractivity contribution is 9.11. The van der Waals surface area contributed by atoms with E-state index in [4.69, 9.17) is 0 Å². The highest BCUT2D eigenvalue weighted by Gasteiger charge is 2.21. The molecule has 2 aromatic rings. The van der Waals surface area contributed by atoms with E-state index in [1.54, 1.807) is 32.0 Å². The van der Waals surface area contributed by atoms with Crippen LogP contribution in [-0.2, 0) is 10.0 Å². The van der Waals surface area contributed by atoms with Gasteiger partial charge in [-0.3, -0.25) is 4.72 Å². The Morgan fingerprint density at radius 1 is 1.05 bits per heavy atom. The van der Waals surface area contributed by atoms with Crippen LogP contribution in [0.5, 0.6) is 0 Å². The van der Waals surface area contributed by atoms with Crippen LogP contribution < -0.4 is 4.72 Å². The van der Waals surface area contributed by atoms with Crippen molar-refractivity contribution in [2.45, 2.75) is 18.7 Å². The van der Waals surface area contributed by atoms with Gasteiger partial charge in [0.15, 0.2) is 0 Å². The number of sulfonamides is 1. The van der Waals surface area contributed by atoms with Crippen LogP contribution in [0.25, 0.3) is 0 Å². The Morgan fingerprint density at radius 3 is 2.19 bits per heavy atom. The maximum absolute atomic E-state index is 13.3. The van der Waals surface area contributed by atoms with Crippen molar-refractivity contribution < 1.29 is 12.8 Å². The summed E-state index contributed by atoms with van der Waals surface area (Å²) in [5.41, 5.74) is 1.14. The molecule has 0 heterocycles. The van der Waals surface area contributed by atoms with Gasteiger partial charge in [-0.2, -0.15) is 0 Å². The van der Waals surface area contributed by atoms with Crippen molar-refractivity contribution >= 4 is 47.6 Å². The normalized spacial score (nSPS) is 11.5. The average Bonchev–Trinajstić information content (AvgIpc) is 2.31. The molecule has 2 rings (SSSR count). The van der Waals surface area contributed by atoms with Crippen molar-refractivity contribution in [2.24, 2.45) is 0 Å². The van der Waals surface area contributed by atoms with Gasteiger partial charge in [0.05, 0.1) is 10.6 Å². The molecule has 0 fully saturated rings. The molecule has 0 unspecified atom stereocenters. The second-order valence-electron chi connectivity index (χ2n) is 4.60. The topological polar surface area (TPSA) is 46.2 Å². The molecule has 0 saturated heterocycles. The van der Waals surface area contributed by atoms with Gasteiger partial charge in [0, 0.05) is 8.95 Å². The molecule has 0 aromatic heterocycles. The second kappa shape index (κ2) is 6.06. The van der Waals surface area contributed by atoms with E-state index in [1.165, 1.54) is 12.1 Å². The van der Waals surface area contributed by atoms with Gasteiger partial charge in [-0.05, 0) is 71.2 Å². The number of aryl methyl sites for hydroxylation is 2. The molecule has 112 valence electrons. The van der Waals surface area contributed by atoms with Gasteiger partial charge >= 0.3 is 0 Å². The number of anilines is 1. The minimum Gasteiger partial charge on any atom is -0.278 e. The van der Waals surface area contributed by atoms with Crippen molar-refractivity contribution in [3.8, 4) is 0 Å². The molecular formula is C14H12Br2FNO2S. The molecule has 0 saturated carbocycles. The smallest absolute Gasteiger partial charge is 0.262 e. The number of halogens is 3. The fraction of sp³-hybridized carbons (Fsp3) is 0.143. The maximum Gasteiger partial charge on any atom is 0.262 e. The summed E-state index contributed by atoms with van der Waals surface area (Å²) in [7, 11) is -3.80. The van der Waals surface area contributed by atoms with Crippen LogP contribution in [0.4, 0.5) is 10.1 Å². The zero-order valence-corrected chi connectivity index (χ0v) is 15.2. The van der Waals surface area contributed by atoms with Crippen LogP contribution in [0.1, 0.15) is 11.1 Å². The van der Waals surface area contributed by atoms with Crippen molar-refractivity contribution in [3.05, 3.63) is 56.2 Å². The van der Waals surface area contributed by atoms with Crippen LogP contribution in [0.3, 0.4) is 0 Å². The van der Waals surface area contributed by atoms with Crippen LogP contribution in [-0.4, -0.2) is 8.42 Å². The predicted octanol–water partition coefficient (Wildman–Crippen LogP) is 4.77. The maximum atomic E-state index is 13.3. The summed E-state index contributed by atoms with van der Waals surface area (Å²) in [4.78, 5) is 0.0933. The first-order valence-electron chi connectivity index (χ1n) is 5.95. The van der Waals surface area contributed by atoms with Crippen molar-refractivity contribution in [2.75, 3.05) is 4.72 Å². The fourth-order valence-corrected chi connectivity index (χ4v) is 4.46. The Kier molecular flexibility index (Phi) is 4.75. The third kappa shape index (κ3) is 3.64. The SMILES string of the molecule is Cc1cc(F)cc(C)c1S(=O)(=O)Nc1cc(Br)ccc1Br. The number of benzene rings is 2. The van der Waals surface area contributed by atoms with E-state index in [9.17, 15) is 12.8 Å². The first-order chi connectivity index (χ1) is 9.70. The van der Waals surface area contributed by atoms with Crippen molar-refractivity contribution in [1.82, 2.24) is 0 Å². The van der Waals surface area contributed by atoms with E-state index in [1.807, 2.05) is 0 Å². The van der Waals surface area contributed by atoms with E-state index >= 15 is 0 Å². The highest BCUT2D eigenvalue weighted by atomic mass is 79.9. The van der Waals surface area contributed by atoms with E-state index in [0.717, 1.165) is 4.47 Å². The Morgan fingerprint density at radius 2 is 1.62 bits per heavy atom. The average molecular weight is 437 g/mol. The van der Waals surface area contributed by atoms with Gasteiger partial charge < -0.3 is 0 Å². The lowest BCUT2D eigenvalue weighted by Gasteiger charge is -2.14. The van der Waals surface area contributed by atoms with E-state index in [2.05, 4.69) is 36.6 Å². The summed E-state index contributed by atoms with van der Waals surface area (Å²) in [6, 6.07) is 7.58. The molecule has 0 aliphatic carbocycles. The summed E-state index contributed by atoms with van der Waals surface area (Å²) in [5, 5.41) is 0. The Hall–Kier alpha value is -0.920. The van der Waals surface area contributed by atoms with Gasteiger partial charge in [0.25, 0.3) is 10.0 Å². The molecule has 7 heteroatoms. The zero-order valence-electron chi connectivity index (χ0n) is 11.2. The van der Waals surface area contributed by atoms with Crippen LogP contribution >= 0.6 is 31.9 Å². The lowest BCUT2D eigenvalue weighted by Crippen LogP contribution is -2.16. The third-order valence-electron chi connectivity index (χ3n) is 2.87. The summed E-state index contributed by atoms with van der Waals surface area (Å²) in [6.07, 6.45) is 0. The standard InChI is InChI=1S/C14H12Br2FNO2S/c1-8-5-11(17)6-9(2)14(8)21(19,20)18-13-7-10(15)3-4-12(13)16/h3-7,18H,1-2H3. The van der Waals surface area contributed by atoms with Gasteiger partial charge in [-0.15, -0.1) is 0 Å². The molecule has 21 heavy (non-hydrogen) atoms. The Bertz CT molecular complexity index is 784. The lowest BCUT2D eigenvalue weighted by molar-refractivity contribution is 0.597. The molecule has 0 atom stereocenters. The minimum absolute atomic E-state index is 0.0933. The molecule has 0 amide bonds. The summed E-state index contributed by atoms with van der Waals surface area (Å²) < 4.78 is 42.3. The van der Waals surface area contributed by atoms with E-state index < -0.39 is 15.8 Å².